The van der Waals surface area contributed by atoms with Crippen LogP contribution in [0.5, 0.6) is 5.75 Å². The first-order chi connectivity index (χ1) is 28.9. The molecule has 0 aliphatic carbocycles. The van der Waals surface area contributed by atoms with Crippen molar-refractivity contribution < 1.29 is 28.3 Å². The summed E-state index contributed by atoms with van der Waals surface area (Å²) in [5.74, 6) is -2.04. The van der Waals surface area contributed by atoms with Crippen molar-refractivity contribution in [2.24, 2.45) is 0 Å². The third-order valence-electron chi connectivity index (χ3n) is 12.0. The van der Waals surface area contributed by atoms with Gasteiger partial charge in [0.25, 0.3) is 11.8 Å². The number of piperidine rings is 2. The molecule has 0 saturated carbocycles. The van der Waals surface area contributed by atoms with Gasteiger partial charge in [0.05, 0.1) is 34.4 Å². The summed E-state index contributed by atoms with van der Waals surface area (Å²) in [7, 11) is 0. The third kappa shape index (κ3) is 8.71. The molecule has 4 amide bonds. The van der Waals surface area contributed by atoms with Gasteiger partial charge in [-0.1, -0.05) is 42.1 Å². The molecule has 2 aromatic heterocycles. The topological polar surface area (TPSA) is 168 Å². The summed E-state index contributed by atoms with van der Waals surface area (Å²) in [4.78, 5) is 60.9. The Morgan fingerprint density at radius 2 is 1.70 bits per heavy atom. The Kier molecular flexibility index (Phi) is 12.4. The molecular formula is C43H48Cl2FN9O5. The van der Waals surface area contributed by atoms with Gasteiger partial charge in [0.2, 0.25) is 11.8 Å². The van der Waals surface area contributed by atoms with Crippen LogP contribution in [0.1, 0.15) is 96.7 Å². The number of hydrogen-bond acceptors (Lipinski definition) is 11. The highest BCUT2D eigenvalue weighted by Crippen LogP contribution is 2.38. The van der Waals surface area contributed by atoms with Crippen molar-refractivity contribution in [3.05, 3.63) is 87.5 Å². The Morgan fingerprint density at radius 1 is 0.950 bits per heavy atom. The summed E-state index contributed by atoms with van der Waals surface area (Å²) in [6.45, 7) is 7.57. The molecule has 4 aliphatic rings. The molecule has 8 rings (SSSR count). The molecule has 0 radical (unpaired) electrons. The van der Waals surface area contributed by atoms with Crippen LogP contribution in [0.15, 0.2) is 55.0 Å². The molecule has 60 heavy (non-hydrogen) atoms. The van der Waals surface area contributed by atoms with Gasteiger partial charge < -0.3 is 20.7 Å². The van der Waals surface area contributed by atoms with Crippen LogP contribution in [-0.4, -0.2) is 104 Å². The summed E-state index contributed by atoms with van der Waals surface area (Å²) in [5.41, 5.74) is 9.36. The Balaban J connectivity index is 0.725. The molecule has 4 N–H and O–H groups in total. The number of aromatic nitrogens is 3. The minimum Gasteiger partial charge on any atom is -0.482 e. The lowest BCUT2D eigenvalue weighted by Crippen LogP contribution is -2.55. The maximum Gasteiger partial charge on any atom is 0.264 e. The summed E-state index contributed by atoms with van der Waals surface area (Å²) < 4.78 is 22.3. The highest BCUT2D eigenvalue weighted by atomic mass is 35.5. The predicted molar refractivity (Wildman–Crippen MR) is 225 cm³/mol. The lowest BCUT2D eigenvalue weighted by molar-refractivity contribution is -0.136. The van der Waals surface area contributed by atoms with E-state index < -0.39 is 41.6 Å². The maximum absolute atomic E-state index is 14.1. The van der Waals surface area contributed by atoms with E-state index in [1.807, 2.05) is 17.1 Å². The minimum absolute atomic E-state index is 0.0879. The van der Waals surface area contributed by atoms with Gasteiger partial charge in [-0.15, -0.1) is 0 Å². The Labute approximate surface area is 357 Å². The van der Waals surface area contributed by atoms with E-state index in [0.717, 1.165) is 87.4 Å². The van der Waals surface area contributed by atoms with Crippen molar-refractivity contribution in [3.8, 4) is 16.9 Å². The second-order valence-corrected chi connectivity index (χ2v) is 16.9. The molecular weight excluding hydrogens is 812 g/mol. The molecule has 4 aliphatic heterocycles. The summed E-state index contributed by atoms with van der Waals surface area (Å²) in [6.07, 6.45) is 11.7. The van der Waals surface area contributed by atoms with Crippen molar-refractivity contribution in [3.63, 3.8) is 0 Å². The smallest absolute Gasteiger partial charge is 0.264 e. The first kappa shape index (κ1) is 41.6. The zero-order valence-electron chi connectivity index (χ0n) is 33.3. The van der Waals surface area contributed by atoms with E-state index in [-0.39, 0.29) is 35.3 Å². The number of amides is 4. The Morgan fingerprint density at radius 3 is 2.45 bits per heavy atom. The highest BCUT2D eigenvalue weighted by molar-refractivity contribution is 6.36. The number of rotatable bonds is 15. The number of nitrogens with zero attached hydrogens (tertiary/aromatic N) is 6. The second-order valence-electron chi connectivity index (χ2n) is 16.1. The molecule has 4 aromatic rings. The molecule has 6 heterocycles. The fourth-order valence-corrected chi connectivity index (χ4v) is 9.37. The predicted octanol–water partition coefficient (Wildman–Crippen LogP) is 6.51. The molecule has 0 bridgehead atoms. The van der Waals surface area contributed by atoms with Crippen molar-refractivity contribution in [1.29, 1.82) is 0 Å². The molecule has 17 heteroatoms. The lowest BCUT2D eigenvalue weighted by atomic mass is 10.0. The molecule has 14 nitrogen and oxygen atoms in total. The standard InChI is InChI=1S/C43H48Cl2FN9O5/c1-25(37-31(44)9-10-32(46)39(37)45)60-35-19-26(20-48-40(35)47)27-21-49-54(22-27)29-13-17-52(18-14-29)15-4-2-3-5-16-53-23-28(24-53)50-33-8-6-7-30-38(33)43(59)55(42(30)58)34-11-12-36(56)51-41(34)57/h6-10,19-22,25,28-29,34,50H,2-5,11-18,23-24H2,1H3,(H2,47,48)(H,51,56,57)/t25-,34?/m0/s1. The molecule has 3 saturated heterocycles. The number of carbonyl (C=O) groups excluding carboxylic acids is 4. The zero-order chi connectivity index (χ0) is 42.1. The van der Waals surface area contributed by atoms with Crippen molar-refractivity contribution in [2.75, 3.05) is 50.3 Å². The number of nitrogen functional groups attached to an aromatic ring is 1. The van der Waals surface area contributed by atoms with Gasteiger partial charge >= 0.3 is 0 Å². The summed E-state index contributed by atoms with van der Waals surface area (Å²) in [6, 6.07) is 9.11. The van der Waals surface area contributed by atoms with E-state index in [4.69, 9.17) is 38.8 Å². The number of anilines is 2. The molecule has 2 aromatic carbocycles. The fourth-order valence-electron chi connectivity index (χ4n) is 8.69. The van der Waals surface area contributed by atoms with Gasteiger partial charge in [0.15, 0.2) is 11.6 Å². The second kappa shape index (κ2) is 17.9. The first-order valence-electron chi connectivity index (χ1n) is 20.6. The van der Waals surface area contributed by atoms with Crippen molar-refractivity contribution >= 4 is 58.3 Å². The largest absolute Gasteiger partial charge is 0.482 e. The number of imide groups is 2. The van der Waals surface area contributed by atoms with Gasteiger partial charge in [-0.2, -0.15) is 5.10 Å². The number of nitrogens with one attached hydrogen (secondary N) is 2. The van der Waals surface area contributed by atoms with E-state index in [2.05, 4.69) is 25.4 Å². The molecule has 0 spiro atoms. The fraction of sp³-hybridized carbons (Fsp3) is 0.442. The average Bonchev–Trinajstić information content (AvgIpc) is 3.81. The Hall–Kier alpha value is -5.09. The SMILES string of the molecule is C[C@H](Oc1cc(-c2cnn(C3CCN(CCCCCCN4CC(Nc5cccc6c5C(=O)N(C5CCC(=O)NC5=O)C6=O)C4)CC3)c2)cnc1N)c1c(Cl)ccc(F)c1Cl. The van der Waals surface area contributed by atoms with Crippen LogP contribution in [0.2, 0.25) is 10.0 Å². The van der Waals surface area contributed by atoms with Gasteiger partial charge in [0.1, 0.15) is 18.0 Å². The quantitative estimate of drug-likeness (QED) is 0.0678. The van der Waals surface area contributed by atoms with Crippen LogP contribution in [0.3, 0.4) is 0 Å². The lowest BCUT2D eigenvalue weighted by Gasteiger charge is -2.40. The van der Waals surface area contributed by atoms with E-state index in [1.54, 1.807) is 37.4 Å². The number of unbranched alkanes of at least 4 members (excludes halogenated alkanes) is 3. The van der Waals surface area contributed by atoms with Crippen molar-refractivity contribution in [2.45, 2.75) is 82.5 Å². The van der Waals surface area contributed by atoms with Crippen LogP contribution in [0, 0.1) is 5.82 Å². The van der Waals surface area contributed by atoms with Crippen LogP contribution in [0.25, 0.3) is 11.1 Å². The normalized spacial score (nSPS) is 19.7. The minimum atomic E-state index is -0.982. The van der Waals surface area contributed by atoms with Crippen LogP contribution >= 0.6 is 23.2 Å². The van der Waals surface area contributed by atoms with Crippen LogP contribution in [0.4, 0.5) is 15.9 Å². The number of hydrogen-bond donors (Lipinski definition) is 3. The number of halogens is 3. The van der Waals surface area contributed by atoms with E-state index >= 15 is 0 Å². The van der Waals surface area contributed by atoms with E-state index in [9.17, 15) is 23.6 Å². The number of ether oxygens (including phenoxy) is 1. The van der Waals surface area contributed by atoms with Gasteiger partial charge in [0, 0.05) is 72.4 Å². The van der Waals surface area contributed by atoms with Gasteiger partial charge in [-0.05, 0) is 82.4 Å². The first-order valence-corrected chi connectivity index (χ1v) is 21.4. The zero-order valence-corrected chi connectivity index (χ0v) is 34.9. The monoisotopic (exact) mass is 859 g/mol. The number of likely N-dealkylation sites (tertiary alicyclic amines) is 2. The molecule has 316 valence electrons. The number of carbonyl (C=O) groups is 4. The maximum atomic E-state index is 14.1. The third-order valence-corrected chi connectivity index (χ3v) is 12.7. The van der Waals surface area contributed by atoms with E-state index in [0.29, 0.717) is 33.6 Å². The average molecular weight is 861 g/mol. The van der Waals surface area contributed by atoms with Crippen LogP contribution in [-0.2, 0) is 9.59 Å². The summed E-state index contributed by atoms with van der Waals surface area (Å²) in [5, 5.41) is 10.6. The molecule has 3 fully saturated rings. The van der Waals surface area contributed by atoms with E-state index in [1.165, 1.54) is 18.6 Å². The van der Waals surface area contributed by atoms with Gasteiger partial charge in [-0.3, -0.25) is 39.0 Å². The number of pyridine rings is 1. The van der Waals surface area contributed by atoms with Crippen LogP contribution < -0.4 is 21.1 Å². The summed E-state index contributed by atoms with van der Waals surface area (Å²) >= 11 is 12.5. The molecule has 1 unspecified atom stereocenters. The number of benzene rings is 2. The number of nitrogens with two attached hydrogens (primary N) is 1. The highest BCUT2D eigenvalue weighted by Gasteiger charge is 2.46. The van der Waals surface area contributed by atoms with Gasteiger partial charge in [-0.25, -0.2) is 9.37 Å². The Bertz CT molecular complexity index is 2290. The van der Waals surface area contributed by atoms with Crippen molar-refractivity contribution in [1.82, 2.24) is 34.8 Å². The number of fused-ring (bicyclic) bond motifs is 1. The molecule has 2 atom stereocenters.